The summed E-state index contributed by atoms with van der Waals surface area (Å²) in [5.41, 5.74) is 2.53. The number of Topliss-reactive ketones (excluding diaryl/α,β-unsaturated/α-hetero) is 1. The largest absolute Gasteiger partial charge is 0.451 e. The molecular formula is C22H25ClO3. The third-order valence-electron chi connectivity index (χ3n) is 9.01. The van der Waals surface area contributed by atoms with Gasteiger partial charge in [-0.1, -0.05) is 12.5 Å². The van der Waals surface area contributed by atoms with Gasteiger partial charge in [0.25, 0.3) is 0 Å². The number of hydrogen-bond acceptors (Lipinski definition) is 3. The van der Waals surface area contributed by atoms with Gasteiger partial charge in [-0.3, -0.25) is 4.79 Å². The van der Waals surface area contributed by atoms with E-state index >= 15 is 0 Å². The summed E-state index contributed by atoms with van der Waals surface area (Å²) in [6, 6.07) is 0. The maximum Gasteiger partial charge on any atom is 0.331 e. The predicted octanol–water partition coefficient (Wildman–Crippen LogP) is 4.20. The number of halogens is 1. The molecule has 6 aliphatic rings. The lowest BCUT2D eigenvalue weighted by molar-refractivity contribution is -0.165. The summed E-state index contributed by atoms with van der Waals surface area (Å²) in [4.78, 5) is 24.0. The van der Waals surface area contributed by atoms with Crippen LogP contribution in [0.4, 0.5) is 0 Å². The molecule has 3 nitrogen and oxygen atoms in total. The maximum absolute atomic E-state index is 12.1. The van der Waals surface area contributed by atoms with Gasteiger partial charge in [0.15, 0.2) is 5.78 Å². The highest BCUT2D eigenvalue weighted by molar-refractivity contribution is 6.33. The van der Waals surface area contributed by atoms with Crippen molar-refractivity contribution >= 4 is 23.4 Å². The first-order valence-corrected chi connectivity index (χ1v) is 10.7. The molecule has 0 aromatic carbocycles. The van der Waals surface area contributed by atoms with Gasteiger partial charge in [0.2, 0.25) is 0 Å². The summed E-state index contributed by atoms with van der Waals surface area (Å²) in [6.07, 6.45) is 10.9. The van der Waals surface area contributed by atoms with Crippen molar-refractivity contribution in [2.45, 2.75) is 62.8 Å². The van der Waals surface area contributed by atoms with Crippen LogP contribution in [0.15, 0.2) is 23.3 Å². The fraction of sp³-hybridized carbons (Fsp3) is 0.727. The fourth-order valence-electron chi connectivity index (χ4n) is 8.01. The number of esters is 1. The Hall–Kier alpha value is -1.09. The third-order valence-corrected chi connectivity index (χ3v) is 9.51. The highest BCUT2D eigenvalue weighted by Gasteiger charge is 2.77. The second-order valence-corrected chi connectivity index (χ2v) is 10.2. The number of carbonyl (C=O) groups excluding carboxylic acids is 2. The number of fused-ring (bicyclic) bond motifs is 8. The molecule has 8 atom stereocenters. The molecule has 0 bridgehead atoms. The van der Waals surface area contributed by atoms with E-state index in [1.807, 2.05) is 0 Å². The molecule has 3 fully saturated rings. The molecule has 0 aromatic rings. The van der Waals surface area contributed by atoms with E-state index in [4.69, 9.17) is 16.3 Å². The molecule has 3 saturated carbocycles. The topological polar surface area (TPSA) is 43.4 Å². The number of hydrogen-bond donors (Lipinski definition) is 0. The van der Waals surface area contributed by atoms with Crippen molar-refractivity contribution in [1.29, 1.82) is 0 Å². The van der Waals surface area contributed by atoms with E-state index < -0.39 is 0 Å². The summed E-state index contributed by atoms with van der Waals surface area (Å²) in [5, 5.41) is -0.365. The quantitative estimate of drug-likeness (QED) is 0.363. The van der Waals surface area contributed by atoms with Crippen LogP contribution in [0.25, 0.3) is 0 Å². The highest BCUT2D eigenvalue weighted by atomic mass is 35.5. The number of allylic oxidation sites excluding steroid dienone is 2. The van der Waals surface area contributed by atoms with Gasteiger partial charge in [0, 0.05) is 23.8 Å². The van der Waals surface area contributed by atoms with E-state index in [2.05, 4.69) is 13.0 Å². The van der Waals surface area contributed by atoms with Crippen molar-refractivity contribution in [3.05, 3.63) is 23.3 Å². The number of alkyl halides is 1. The zero-order chi connectivity index (χ0) is 17.8. The fourth-order valence-corrected chi connectivity index (χ4v) is 8.37. The Morgan fingerprint density at radius 2 is 1.96 bits per heavy atom. The number of ether oxygens (including phenoxy) is 1. The monoisotopic (exact) mass is 372 g/mol. The summed E-state index contributed by atoms with van der Waals surface area (Å²) < 4.78 is 6.03. The first-order chi connectivity index (χ1) is 12.5. The van der Waals surface area contributed by atoms with Crippen LogP contribution in [0, 0.1) is 35.0 Å². The first kappa shape index (κ1) is 15.9. The van der Waals surface area contributed by atoms with E-state index in [0.717, 1.165) is 32.1 Å². The van der Waals surface area contributed by atoms with Crippen LogP contribution < -0.4 is 0 Å². The molecule has 1 aliphatic heterocycles. The molecule has 0 saturated heterocycles. The molecule has 0 aromatic heterocycles. The third kappa shape index (κ3) is 1.68. The Balaban J connectivity index is 1.40. The van der Waals surface area contributed by atoms with Gasteiger partial charge >= 0.3 is 5.97 Å². The Morgan fingerprint density at radius 3 is 2.73 bits per heavy atom. The van der Waals surface area contributed by atoms with Gasteiger partial charge < -0.3 is 4.74 Å². The van der Waals surface area contributed by atoms with Crippen molar-refractivity contribution in [3.63, 3.8) is 0 Å². The van der Waals surface area contributed by atoms with Crippen LogP contribution in [0.1, 0.15) is 51.9 Å². The zero-order valence-corrected chi connectivity index (χ0v) is 15.9. The van der Waals surface area contributed by atoms with Crippen LogP contribution in [-0.4, -0.2) is 22.7 Å². The summed E-state index contributed by atoms with van der Waals surface area (Å²) in [7, 11) is 0. The van der Waals surface area contributed by atoms with E-state index in [0.29, 0.717) is 36.0 Å². The Kier molecular flexibility index (Phi) is 2.96. The second-order valence-electron chi connectivity index (χ2n) is 9.72. The van der Waals surface area contributed by atoms with Crippen LogP contribution in [-0.2, 0) is 14.3 Å². The zero-order valence-electron chi connectivity index (χ0n) is 15.2. The highest BCUT2D eigenvalue weighted by Crippen LogP contribution is 2.77. The van der Waals surface area contributed by atoms with Gasteiger partial charge in [0.1, 0.15) is 11.0 Å². The lowest BCUT2D eigenvalue weighted by Crippen LogP contribution is -2.54. The van der Waals surface area contributed by atoms with Crippen molar-refractivity contribution in [3.8, 4) is 0 Å². The molecule has 0 N–H and O–H groups in total. The predicted molar refractivity (Wildman–Crippen MR) is 97.5 cm³/mol. The number of carbonyl (C=O) groups is 2. The van der Waals surface area contributed by atoms with Gasteiger partial charge in [-0.25, -0.2) is 4.79 Å². The molecule has 1 heterocycles. The summed E-state index contributed by atoms with van der Waals surface area (Å²) >= 11 is 6.49. The molecule has 6 rings (SSSR count). The van der Waals surface area contributed by atoms with E-state index in [1.165, 1.54) is 17.6 Å². The van der Waals surface area contributed by atoms with E-state index in [1.54, 1.807) is 6.08 Å². The molecule has 0 amide bonds. The summed E-state index contributed by atoms with van der Waals surface area (Å²) in [6.45, 7) is 2.39. The summed E-state index contributed by atoms with van der Waals surface area (Å²) in [5.74, 6) is 3.22. The lowest BCUT2D eigenvalue weighted by atomic mass is 9.50. The Labute approximate surface area is 159 Å². The molecule has 1 unspecified atom stereocenters. The smallest absolute Gasteiger partial charge is 0.331 e. The van der Waals surface area contributed by atoms with E-state index in [-0.39, 0.29) is 28.1 Å². The van der Waals surface area contributed by atoms with Crippen molar-refractivity contribution in [2.24, 2.45) is 35.0 Å². The first-order valence-electron chi connectivity index (χ1n) is 10.3. The minimum atomic E-state index is -0.365. The molecule has 26 heavy (non-hydrogen) atoms. The number of rotatable bonds is 0. The molecule has 0 radical (unpaired) electrons. The van der Waals surface area contributed by atoms with Crippen LogP contribution in [0.3, 0.4) is 0 Å². The average molecular weight is 373 g/mol. The normalized spacial score (nSPS) is 53.9. The van der Waals surface area contributed by atoms with Crippen LogP contribution >= 0.6 is 11.6 Å². The molecule has 1 spiro atoms. The van der Waals surface area contributed by atoms with Gasteiger partial charge in [0.05, 0.1) is 0 Å². The Morgan fingerprint density at radius 1 is 1.12 bits per heavy atom. The maximum atomic E-state index is 12.1. The van der Waals surface area contributed by atoms with Gasteiger partial charge in [-0.05, 0) is 73.8 Å². The van der Waals surface area contributed by atoms with E-state index in [9.17, 15) is 9.59 Å². The minimum absolute atomic E-state index is 0.0767. The molecule has 5 aliphatic carbocycles. The number of ketones is 1. The molecule has 138 valence electrons. The van der Waals surface area contributed by atoms with Crippen molar-refractivity contribution in [1.82, 2.24) is 0 Å². The second kappa shape index (κ2) is 4.84. The molecule has 4 heteroatoms. The van der Waals surface area contributed by atoms with Crippen LogP contribution in [0.5, 0.6) is 0 Å². The van der Waals surface area contributed by atoms with Crippen LogP contribution in [0.2, 0.25) is 0 Å². The standard InChI is InChI=1S/C22H25ClO3/c1-21-8-6-12-11-4-5-17(24)20(23)14(11)3-2-13(12)19(21)15-10-16(15)22(21)9-7-18(25)26-22/h7,9,12-13,15-16,19-20H,2-6,8,10H2,1H3/t12-,13-,15+,16-,19-,20?,21+,22+/m1/s1. The van der Waals surface area contributed by atoms with Crippen molar-refractivity contribution < 1.29 is 14.3 Å². The molecular weight excluding hydrogens is 348 g/mol. The van der Waals surface area contributed by atoms with Crippen molar-refractivity contribution in [2.75, 3.05) is 0 Å². The Bertz CT molecular complexity index is 797. The SMILES string of the molecule is C[C@]12CC[C@@H]3C4=C(CC[C@H]3[C@@H]1[C@H]1C[C@H]1[C@@]21C=CC(=O)O1)C(Cl)C(=O)CC4. The van der Waals surface area contributed by atoms with Gasteiger partial charge in [-0.2, -0.15) is 0 Å². The average Bonchev–Trinajstić information content (AvgIpc) is 3.26. The van der Waals surface area contributed by atoms with Gasteiger partial charge in [-0.15, -0.1) is 11.6 Å². The lowest BCUT2D eigenvalue weighted by Gasteiger charge is -2.55. The minimum Gasteiger partial charge on any atom is -0.451 e.